The lowest BCUT2D eigenvalue weighted by Crippen LogP contribution is -2.35. The first-order valence-electron chi connectivity index (χ1n) is 15.0. The highest BCUT2D eigenvalue weighted by molar-refractivity contribution is 8.07. The summed E-state index contributed by atoms with van der Waals surface area (Å²) < 4.78 is 2.58. The number of thioether (sulfide) groups is 1. The van der Waals surface area contributed by atoms with Crippen molar-refractivity contribution in [2.24, 2.45) is 0 Å². The summed E-state index contributed by atoms with van der Waals surface area (Å²) in [5.74, 6) is 0. The van der Waals surface area contributed by atoms with E-state index in [9.17, 15) is 0 Å². The minimum Gasteiger partial charge on any atom is -0.313 e. The van der Waals surface area contributed by atoms with E-state index in [0.717, 1.165) is 6.42 Å². The van der Waals surface area contributed by atoms with Crippen molar-refractivity contribution in [3.05, 3.63) is 128 Å². The van der Waals surface area contributed by atoms with Crippen LogP contribution in [0.25, 0.3) is 22.2 Å². The van der Waals surface area contributed by atoms with Crippen molar-refractivity contribution in [1.29, 1.82) is 0 Å². The van der Waals surface area contributed by atoms with E-state index in [1.165, 1.54) is 71.1 Å². The highest BCUT2D eigenvalue weighted by Gasteiger charge is 2.41. The number of hydrogen-bond donors (Lipinski definition) is 0. The summed E-state index contributed by atoms with van der Waals surface area (Å²) in [6, 6.07) is 21.0. The van der Waals surface area contributed by atoms with Crippen LogP contribution in [0.3, 0.4) is 0 Å². The van der Waals surface area contributed by atoms with Gasteiger partial charge in [-0.25, -0.2) is 0 Å². The highest BCUT2D eigenvalue weighted by atomic mass is 32.2. The zero-order chi connectivity index (χ0) is 29.7. The van der Waals surface area contributed by atoms with Crippen LogP contribution in [-0.4, -0.2) is 4.57 Å². The standard InChI is InChI=1S/C39H45NS/c1-11-17-29(34(13-3)41-35(18-12-2)25(4)5)28-23-27-19-14-15-20-30-26(6)40-36(27)33(24-28)39(9,10)32-22-16-21-31(37(32)40)38(30,7)8/h12-24H,11H2,1-10H3/b18-12-,19-14?,20-15?,29-17-,34-13+. The summed E-state index contributed by atoms with van der Waals surface area (Å²) in [4.78, 5) is 2.61. The molecule has 5 rings (SSSR count). The lowest BCUT2D eigenvalue weighted by Gasteiger charge is -2.43. The maximum absolute atomic E-state index is 2.58. The molecule has 2 aromatic carbocycles. The first-order chi connectivity index (χ1) is 19.5. The minimum absolute atomic E-state index is 0.0705. The number of rotatable bonds is 6. The van der Waals surface area contributed by atoms with Gasteiger partial charge < -0.3 is 4.57 Å². The molecule has 1 aromatic heterocycles. The topological polar surface area (TPSA) is 4.93 Å². The van der Waals surface area contributed by atoms with Gasteiger partial charge in [-0.2, -0.15) is 0 Å². The van der Waals surface area contributed by atoms with E-state index < -0.39 is 0 Å². The summed E-state index contributed by atoms with van der Waals surface area (Å²) in [5, 5.41) is 1.27. The molecule has 41 heavy (non-hydrogen) atoms. The molecule has 0 unspecified atom stereocenters. The fourth-order valence-corrected chi connectivity index (χ4v) is 7.89. The van der Waals surface area contributed by atoms with Crippen molar-refractivity contribution in [2.75, 3.05) is 0 Å². The van der Waals surface area contributed by atoms with Crippen molar-refractivity contribution < 1.29 is 0 Å². The van der Waals surface area contributed by atoms with E-state index in [0.29, 0.717) is 0 Å². The first kappa shape index (κ1) is 29.3. The maximum atomic E-state index is 2.58. The van der Waals surface area contributed by atoms with E-state index in [2.05, 4.69) is 153 Å². The molecule has 0 amide bonds. The van der Waals surface area contributed by atoms with Gasteiger partial charge in [-0.05, 0) is 91.9 Å². The summed E-state index contributed by atoms with van der Waals surface area (Å²) in [6.45, 7) is 22.8. The first-order valence-corrected chi connectivity index (χ1v) is 15.8. The Bertz CT molecular complexity index is 1730. The lowest BCUT2D eigenvalue weighted by atomic mass is 9.67. The molecule has 212 valence electrons. The van der Waals surface area contributed by atoms with Crippen molar-refractivity contribution in [3.63, 3.8) is 0 Å². The molecular weight excluding hydrogens is 515 g/mol. The van der Waals surface area contributed by atoms with Gasteiger partial charge in [0, 0.05) is 26.3 Å². The highest BCUT2D eigenvalue weighted by Crippen LogP contribution is 2.52. The quantitative estimate of drug-likeness (QED) is 0.272. The SMILES string of the molecule is C/C=C\C(SC(=C/C)/C(=C\CC)c1cc2c3c(ccccc4c(C)n3-c3c(cccc3C2(C)C)C4(C)C)c1)=C(C)C. The Labute approximate surface area is 252 Å². The third-order valence-electron chi connectivity index (χ3n) is 8.97. The van der Waals surface area contributed by atoms with Gasteiger partial charge in [-0.3, -0.25) is 0 Å². The Morgan fingerprint density at radius 2 is 1.49 bits per heavy atom. The molecule has 0 N–H and O–H groups in total. The lowest BCUT2D eigenvalue weighted by molar-refractivity contribution is 0.574. The van der Waals surface area contributed by atoms with Crippen LogP contribution < -0.4 is 0 Å². The second kappa shape index (κ2) is 10.9. The largest absolute Gasteiger partial charge is 0.313 e. The smallest absolute Gasteiger partial charge is 0.0572 e. The molecule has 2 aliphatic heterocycles. The molecule has 0 fully saturated rings. The Hall–Kier alpha value is -3.23. The second-order valence-corrected chi connectivity index (χ2v) is 13.7. The Morgan fingerprint density at radius 1 is 0.854 bits per heavy atom. The summed E-state index contributed by atoms with van der Waals surface area (Å²) >= 11 is 1.88. The number of hydrogen-bond acceptors (Lipinski definition) is 1. The van der Waals surface area contributed by atoms with Crippen LogP contribution in [0.5, 0.6) is 0 Å². The van der Waals surface area contributed by atoms with E-state index in [1.54, 1.807) is 0 Å². The van der Waals surface area contributed by atoms with Gasteiger partial charge in [0.15, 0.2) is 0 Å². The molecule has 0 saturated carbocycles. The molecule has 3 aromatic rings. The third kappa shape index (κ3) is 4.65. The minimum atomic E-state index is -0.151. The molecule has 0 spiro atoms. The molecule has 2 aliphatic rings. The van der Waals surface area contributed by atoms with Crippen molar-refractivity contribution >= 4 is 28.2 Å². The average Bonchev–Trinajstić information content (AvgIpc) is 2.98. The van der Waals surface area contributed by atoms with E-state index in [1.807, 2.05) is 11.8 Å². The number of allylic oxidation sites excluding steroid dienone is 6. The normalized spacial score (nSPS) is 16.3. The predicted octanol–water partition coefficient (Wildman–Crippen LogP) is 11.6. The number of fused-ring (bicyclic) bond motifs is 1. The van der Waals surface area contributed by atoms with Gasteiger partial charge in [-0.15, -0.1) is 0 Å². The molecular formula is C39H45NS. The zero-order valence-corrected chi connectivity index (χ0v) is 27.4. The number of benzene rings is 2. The molecule has 0 aliphatic carbocycles. The summed E-state index contributed by atoms with van der Waals surface area (Å²) in [7, 11) is 0. The molecule has 1 nitrogen and oxygen atoms in total. The Morgan fingerprint density at radius 3 is 2.10 bits per heavy atom. The molecule has 0 radical (unpaired) electrons. The molecule has 0 saturated heterocycles. The fourth-order valence-electron chi connectivity index (χ4n) is 6.82. The van der Waals surface area contributed by atoms with Crippen molar-refractivity contribution in [2.45, 2.75) is 86.5 Å². The summed E-state index contributed by atoms with van der Waals surface area (Å²) in [6.07, 6.45) is 10.0. The van der Waals surface area contributed by atoms with Gasteiger partial charge in [0.2, 0.25) is 0 Å². The van der Waals surface area contributed by atoms with Crippen LogP contribution in [0.2, 0.25) is 0 Å². The van der Waals surface area contributed by atoms with Crippen LogP contribution in [0, 0.1) is 6.92 Å². The van der Waals surface area contributed by atoms with Gasteiger partial charge in [0.05, 0.1) is 11.2 Å². The van der Waals surface area contributed by atoms with Crippen LogP contribution in [0.15, 0.2) is 94.3 Å². The van der Waals surface area contributed by atoms with E-state index >= 15 is 0 Å². The van der Waals surface area contributed by atoms with Crippen molar-refractivity contribution in [3.8, 4) is 5.69 Å². The van der Waals surface area contributed by atoms with Gasteiger partial charge in [-0.1, -0.05) is 119 Å². The Kier molecular flexibility index (Phi) is 7.76. The van der Waals surface area contributed by atoms with Gasteiger partial charge in [0.25, 0.3) is 0 Å². The average molecular weight is 560 g/mol. The van der Waals surface area contributed by atoms with Crippen LogP contribution in [-0.2, 0) is 10.8 Å². The number of aromatic nitrogens is 1. The molecule has 3 heterocycles. The van der Waals surface area contributed by atoms with Crippen LogP contribution >= 0.6 is 11.8 Å². The van der Waals surface area contributed by atoms with Gasteiger partial charge in [0.1, 0.15) is 0 Å². The summed E-state index contributed by atoms with van der Waals surface area (Å²) in [5.41, 5.74) is 13.3. The van der Waals surface area contributed by atoms with E-state index in [4.69, 9.17) is 0 Å². The third-order valence-corrected chi connectivity index (χ3v) is 10.4. The molecule has 0 atom stereocenters. The zero-order valence-electron chi connectivity index (χ0n) is 26.6. The monoisotopic (exact) mass is 559 g/mol. The number of nitrogens with zero attached hydrogens (tertiary/aromatic N) is 1. The maximum Gasteiger partial charge on any atom is 0.0572 e. The molecule has 2 heteroatoms. The number of para-hydroxylation sites is 1. The van der Waals surface area contributed by atoms with Gasteiger partial charge >= 0.3 is 0 Å². The predicted molar refractivity (Wildman–Crippen MR) is 183 cm³/mol. The molecule has 2 bridgehead atoms. The van der Waals surface area contributed by atoms with E-state index in [-0.39, 0.29) is 10.8 Å². The second-order valence-electron chi connectivity index (χ2n) is 12.6. The van der Waals surface area contributed by atoms with Crippen LogP contribution in [0.4, 0.5) is 0 Å². The fraction of sp³-hybridized carbons (Fsp3) is 0.333. The van der Waals surface area contributed by atoms with Crippen molar-refractivity contribution in [1.82, 2.24) is 4.57 Å². The Balaban J connectivity index is 1.89. The van der Waals surface area contributed by atoms with Crippen LogP contribution in [0.1, 0.15) is 102 Å².